The Labute approximate surface area is 169 Å². The number of hydrogen-bond donors (Lipinski definition) is 0. The molecule has 1 atom stereocenters. The zero-order valence-corrected chi connectivity index (χ0v) is 16.8. The summed E-state index contributed by atoms with van der Waals surface area (Å²) in [4.78, 5) is 18.8. The first kappa shape index (κ1) is 19.9. The van der Waals surface area contributed by atoms with Crippen LogP contribution in [0.3, 0.4) is 0 Å². The fourth-order valence-corrected chi connectivity index (χ4v) is 2.85. The van der Waals surface area contributed by atoms with Crippen LogP contribution in [0.4, 0.5) is 0 Å². The molecule has 3 rings (SSSR count). The molecule has 0 saturated heterocycles. The molecule has 0 spiro atoms. The molecule has 0 N–H and O–H groups in total. The van der Waals surface area contributed by atoms with Gasteiger partial charge in [-0.15, -0.1) is 0 Å². The summed E-state index contributed by atoms with van der Waals surface area (Å²) in [6, 6.07) is 14.9. The third-order valence-electron chi connectivity index (χ3n) is 4.31. The van der Waals surface area contributed by atoms with E-state index >= 15 is 0 Å². The van der Waals surface area contributed by atoms with E-state index < -0.39 is 6.10 Å². The van der Waals surface area contributed by atoms with Gasteiger partial charge in [-0.2, -0.15) is 4.98 Å². The van der Waals surface area contributed by atoms with Crippen molar-refractivity contribution in [1.29, 1.82) is 0 Å². The van der Waals surface area contributed by atoms with E-state index in [0.717, 1.165) is 11.1 Å². The number of amides is 1. The smallest absolute Gasteiger partial charge is 0.263 e. The Bertz CT molecular complexity index is 943. The second kappa shape index (κ2) is 8.89. The van der Waals surface area contributed by atoms with Crippen LogP contribution in [0.2, 0.25) is 5.02 Å². The summed E-state index contributed by atoms with van der Waals surface area (Å²) in [5.41, 5.74) is 1.76. The molecular formula is C21H22ClN3O3. The van der Waals surface area contributed by atoms with Crippen molar-refractivity contribution in [3.05, 3.63) is 65.0 Å². The van der Waals surface area contributed by atoms with Gasteiger partial charge < -0.3 is 14.2 Å². The summed E-state index contributed by atoms with van der Waals surface area (Å²) in [5.74, 6) is 1.32. The minimum Gasteiger partial charge on any atom is -0.481 e. The molecule has 0 radical (unpaired) electrons. The Morgan fingerprint density at radius 2 is 2.00 bits per heavy atom. The van der Waals surface area contributed by atoms with Crippen molar-refractivity contribution < 1.29 is 14.1 Å². The molecule has 1 heterocycles. The highest BCUT2D eigenvalue weighted by Crippen LogP contribution is 2.22. The van der Waals surface area contributed by atoms with Gasteiger partial charge in [0, 0.05) is 17.1 Å². The molecule has 0 saturated carbocycles. The summed E-state index contributed by atoms with van der Waals surface area (Å²) < 4.78 is 11.1. The minimum absolute atomic E-state index is 0.158. The van der Waals surface area contributed by atoms with Crippen LogP contribution in [0.1, 0.15) is 25.3 Å². The molecule has 0 aliphatic heterocycles. The van der Waals surface area contributed by atoms with E-state index in [0.29, 0.717) is 29.0 Å². The van der Waals surface area contributed by atoms with Crippen molar-refractivity contribution in [3.8, 4) is 17.1 Å². The Morgan fingerprint density at radius 3 is 2.68 bits per heavy atom. The first-order chi connectivity index (χ1) is 13.5. The maximum Gasteiger partial charge on any atom is 0.263 e. The Kier molecular flexibility index (Phi) is 6.31. The first-order valence-electron chi connectivity index (χ1n) is 9.07. The maximum atomic E-state index is 12.8. The monoisotopic (exact) mass is 399 g/mol. The molecule has 0 unspecified atom stereocenters. The summed E-state index contributed by atoms with van der Waals surface area (Å²) >= 11 is 6.04. The van der Waals surface area contributed by atoms with Gasteiger partial charge in [-0.25, -0.2) is 0 Å². The van der Waals surface area contributed by atoms with E-state index in [1.54, 1.807) is 24.0 Å². The molecule has 1 aromatic heterocycles. The lowest BCUT2D eigenvalue weighted by molar-refractivity contribution is -0.138. The quantitative estimate of drug-likeness (QED) is 0.584. The van der Waals surface area contributed by atoms with Gasteiger partial charge in [-0.05, 0) is 44.5 Å². The molecule has 28 heavy (non-hydrogen) atoms. The zero-order valence-electron chi connectivity index (χ0n) is 16.1. The van der Waals surface area contributed by atoms with Gasteiger partial charge in [0.2, 0.25) is 11.7 Å². The standard InChI is InChI=1S/C21H22ClN3O3/c1-4-25(13-19-23-20(24-28-19)16-8-6-5-7-9-16)21(26)15(3)27-17-10-11-18(22)14(2)12-17/h5-12,15H,4,13H2,1-3H3/t15-/m1/s1. The third kappa shape index (κ3) is 4.70. The van der Waals surface area contributed by atoms with E-state index in [1.165, 1.54) is 0 Å². The van der Waals surface area contributed by atoms with Crippen LogP contribution in [-0.4, -0.2) is 33.6 Å². The van der Waals surface area contributed by atoms with Crippen molar-refractivity contribution in [1.82, 2.24) is 15.0 Å². The fourth-order valence-electron chi connectivity index (χ4n) is 2.73. The maximum absolute atomic E-state index is 12.8. The van der Waals surface area contributed by atoms with Crippen LogP contribution in [0.15, 0.2) is 53.1 Å². The van der Waals surface area contributed by atoms with Gasteiger partial charge in [0.15, 0.2) is 6.10 Å². The highest BCUT2D eigenvalue weighted by atomic mass is 35.5. The van der Waals surface area contributed by atoms with Crippen LogP contribution in [0.5, 0.6) is 5.75 Å². The lowest BCUT2D eigenvalue weighted by atomic mass is 10.2. The minimum atomic E-state index is -0.656. The Morgan fingerprint density at radius 1 is 1.25 bits per heavy atom. The lowest BCUT2D eigenvalue weighted by Gasteiger charge is -2.23. The molecule has 0 aliphatic rings. The predicted octanol–water partition coefficient (Wildman–Crippen LogP) is 4.51. The van der Waals surface area contributed by atoms with Crippen LogP contribution >= 0.6 is 11.6 Å². The highest BCUT2D eigenvalue weighted by Gasteiger charge is 2.23. The Balaban J connectivity index is 1.66. The van der Waals surface area contributed by atoms with Gasteiger partial charge in [-0.1, -0.05) is 47.1 Å². The van der Waals surface area contributed by atoms with Gasteiger partial charge in [0.25, 0.3) is 5.91 Å². The molecule has 6 nitrogen and oxygen atoms in total. The summed E-state index contributed by atoms with van der Waals surface area (Å²) in [5, 5.41) is 4.66. The summed E-state index contributed by atoms with van der Waals surface area (Å²) in [7, 11) is 0. The van der Waals surface area contributed by atoms with Crippen LogP contribution in [0.25, 0.3) is 11.4 Å². The Hall–Kier alpha value is -2.86. The second-order valence-corrected chi connectivity index (χ2v) is 6.81. The van der Waals surface area contributed by atoms with Gasteiger partial charge in [0.05, 0.1) is 0 Å². The number of benzene rings is 2. The average molecular weight is 400 g/mol. The zero-order chi connectivity index (χ0) is 20.1. The van der Waals surface area contributed by atoms with E-state index in [4.69, 9.17) is 20.9 Å². The lowest BCUT2D eigenvalue weighted by Crippen LogP contribution is -2.40. The average Bonchev–Trinajstić information content (AvgIpc) is 3.17. The molecule has 0 fully saturated rings. The number of carbonyl (C=O) groups excluding carboxylic acids is 1. The molecular weight excluding hydrogens is 378 g/mol. The number of rotatable bonds is 7. The van der Waals surface area contributed by atoms with Gasteiger partial charge in [0.1, 0.15) is 12.3 Å². The van der Waals surface area contributed by atoms with E-state index in [-0.39, 0.29) is 12.5 Å². The molecule has 0 aliphatic carbocycles. The number of carbonyl (C=O) groups is 1. The molecule has 2 aromatic carbocycles. The van der Waals surface area contributed by atoms with Crippen LogP contribution in [0, 0.1) is 6.92 Å². The number of hydrogen-bond acceptors (Lipinski definition) is 5. The second-order valence-electron chi connectivity index (χ2n) is 6.40. The van der Waals surface area contributed by atoms with Crippen molar-refractivity contribution in [2.24, 2.45) is 0 Å². The van der Waals surface area contributed by atoms with Gasteiger partial charge in [-0.3, -0.25) is 4.79 Å². The number of likely N-dealkylation sites (N-methyl/N-ethyl adjacent to an activating group) is 1. The van der Waals surface area contributed by atoms with E-state index in [9.17, 15) is 4.79 Å². The first-order valence-corrected chi connectivity index (χ1v) is 9.45. The summed E-state index contributed by atoms with van der Waals surface area (Å²) in [6.45, 7) is 6.22. The predicted molar refractivity (Wildman–Crippen MR) is 107 cm³/mol. The van der Waals surface area contributed by atoms with E-state index in [2.05, 4.69) is 10.1 Å². The topological polar surface area (TPSA) is 68.5 Å². The molecule has 1 amide bonds. The van der Waals surface area contributed by atoms with E-state index in [1.807, 2.05) is 50.2 Å². The molecule has 3 aromatic rings. The van der Waals surface area contributed by atoms with Crippen molar-refractivity contribution >= 4 is 17.5 Å². The van der Waals surface area contributed by atoms with Crippen molar-refractivity contribution in [2.75, 3.05) is 6.54 Å². The largest absolute Gasteiger partial charge is 0.481 e. The van der Waals surface area contributed by atoms with Crippen LogP contribution < -0.4 is 4.74 Å². The van der Waals surface area contributed by atoms with Gasteiger partial charge >= 0.3 is 0 Å². The highest BCUT2D eigenvalue weighted by molar-refractivity contribution is 6.31. The molecule has 7 heteroatoms. The number of nitrogens with zero attached hydrogens (tertiary/aromatic N) is 3. The number of ether oxygens (including phenoxy) is 1. The number of aromatic nitrogens is 2. The van der Waals surface area contributed by atoms with Crippen molar-refractivity contribution in [3.63, 3.8) is 0 Å². The SMILES string of the molecule is CCN(Cc1nc(-c2ccccc2)no1)C(=O)[C@@H](C)Oc1ccc(Cl)c(C)c1. The van der Waals surface area contributed by atoms with Crippen molar-refractivity contribution in [2.45, 2.75) is 33.4 Å². The summed E-state index contributed by atoms with van der Waals surface area (Å²) in [6.07, 6.45) is -0.656. The fraction of sp³-hybridized carbons (Fsp3) is 0.286. The normalized spacial score (nSPS) is 11.9. The number of halogens is 1. The third-order valence-corrected chi connectivity index (χ3v) is 4.73. The molecule has 146 valence electrons. The number of aryl methyl sites for hydroxylation is 1. The molecule has 0 bridgehead atoms. The van der Waals surface area contributed by atoms with Crippen LogP contribution in [-0.2, 0) is 11.3 Å².